The van der Waals surface area contributed by atoms with Crippen LogP contribution in [-0.4, -0.2) is 24.5 Å². The van der Waals surface area contributed by atoms with Crippen molar-refractivity contribution in [1.82, 2.24) is 4.31 Å². The molecular weight excluding hydrogens is 242 g/mol. The summed E-state index contributed by atoms with van der Waals surface area (Å²) in [5.41, 5.74) is 0.486. The summed E-state index contributed by atoms with van der Waals surface area (Å²) in [6.45, 7) is 1.60. The molecule has 0 unspecified atom stereocenters. The van der Waals surface area contributed by atoms with Gasteiger partial charge in [-0.05, 0) is 18.6 Å². The smallest absolute Gasteiger partial charge is 0.268 e. The third-order valence-corrected chi connectivity index (χ3v) is 4.24. The first-order valence-corrected chi connectivity index (χ1v) is 6.25. The highest BCUT2D eigenvalue weighted by molar-refractivity contribution is 7.90. The SMILES string of the molecule is Cc1ccccc1S(=O)(=O)N1C(=O)C=CC1=O. The first kappa shape index (κ1) is 11.5. The summed E-state index contributed by atoms with van der Waals surface area (Å²) in [4.78, 5) is 22.7. The van der Waals surface area contributed by atoms with Crippen LogP contribution >= 0.6 is 0 Å². The fraction of sp³-hybridized carbons (Fsp3) is 0.0909. The van der Waals surface area contributed by atoms with Crippen molar-refractivity contribution in [2.75, 3.05) is 0 Å². The second-order valence-electron chi connectivity index (χ2n) is 3.54. The number of amides is 2. The van der Waals surface area contributed by atoms with Gasteiger partial charge < -0.3 is 0 Å². The quantitative estimate of drug-likeness (QED) is 0.722. The van der Waals surface area contributed by atoms with Crippen molar-refractivity contribution in [3.8, 4) is 0 Å². The van der Waals surface area contributed by atoms with E-state index in [-0.39, 0.29) is 9.20 Å². The number of carbonyl (C=O) groups excluding carboxylic acids is 2. The average molecular weight is 251 g/mol. The molecule has 0 fully saturated rings. The Morgan fingerprint density at radius 2 is 1.53 bits per heavy atom. The van der Waals surface area contributed by atoms with Crippen molar-refractivity contribution >= 4 is 21.8 Å². The third-order valence-electron chi connectivity index (χ3n) is 2.38. The first-order valence-electron chi connectivity index (χ1n) is 4.81. The predicted octanol–water partition coefficient (Wildman–Crippen LogP) is 0.609. The maximum atomic E-state index is 12.1. The van der Waals surface area contributed by atoms with Crippen molar-refractivity contribution in [2.24, 2.45) is 0 Å². The fourth-order valence-electron chi connectivity index (χ4n) is 1.57. The Labute approximate surface area is 98.4 Å². The number of carbonyl (C=O) groups is 2. The van der Waals surface area contributed by atoms with E-state index in [1.54, 1.807) is 25.1 Å². The number of hydrogen-bond donors (Lipinski definition) is 0. The second kappa shape index (κ2) is 3.81. The Morgan fingerprint density at radius 1 is 1.00 bits per heavy atom. The lowest BCUT2D eigenvalue weighted by atomic mass is 10.2. The molecule has 0 radical (unpaired) electrons. The zero-order valence-electron chi connectivity index (χ0n) is 8.95. The second-order valence-corrected chi connectivity index (χ2v) is 5.30. The van der Waals surface area contributed by atoms with Gasteiger partial charge >= 0.3 is 0 Å². The van der Waals surface area contributed by atoms with E-state index in [1.807, 2.05) is 0 Å². The zero-order chi connectivity index (χ0) is 12.6. The molecular formula is C11H9NO4S. The van der Waals surface area contributed by atoms with Crippen molar-refractivity contribution in [1.29, 1.82) is 0 Å². The van der Waals surface area contributed by atoms with Gasteiger partial charge in [-0.25, -0.2) is 8.42 Å². The third kappa shape index (κ3) is 1.76. The molecule has 1 aromatic carbocycles. The largest absolute Gasteiger partial charge is 0.273 e. The first-order chi connectivity index (χ1) is 7.94. The van der Waals surface area contributed by atoms with Crippen molar-refractivity contribution in [3.63, 3.8) is 0 Å². The lowest BCUT2D eigenvalue weighted by molar-refractivity contribution is -0.130. The number of hydrogen-bond acceptors (Lipinski definition) is 4. The van der Waals surface area contributed by atoms with E-state index < -0.39 is 21.8 Å². The molecule has 0 aliphatic carbocycles. The predicted molar refractivity (Wildman–Crippen MR) is 59.4 cm³/mol. The van der Waals surface area contributed by atoms with Gasteiger partial charge in [0.15, 0.2) is 0 Å². The summed E-state index contributed by atoms with van der Waals surface area (Å²) in [6, 6.07) is 6.19. The average Bonchev–Trinajstić information content (AvgIpc) is 2.59. The molecule has 0 atom stereocenters. The van der Waals surface area contributed by atoms with E-state index in [0.717, 1.165) is 12.2 Å². The van der Waals surface area contributed by atoms with E-state index in [0.29, 0.717) is 5.56 Å². The van der Waals surface area contributed by atoms with Crippen LogP contribution in [0.2, 0.25) is 0 Å². The van der Waals surface area contributed by atoms with Gasteiger partial charge in [0.1, 0.15) is 0 Å². The Morgan fingerprint density at radius 3 is 2.06 bits per heavy atom. The van der Waals surface area contributed by atoms with E-state index >= 15 is 0 Å². The van der Waals surface area contributed by atoms with Crippen molar-refractivity contribution in [3.05, 3.63) is 42.0 Å². The summed E-state index contributed by atoms with van der Waals surface area (Å²) in [5.74, 6) is -1.67. The number of nitrogens with zero attached hydrogens (tertiary/aromatic N) is 1. The number of rotatable bonds is 2. The zero-order valence-corrected chi connectivity index (χ0v) is 9.77. The molecule has 0 aromatic heterocycles. The van der Waals surface area contributed by atoms with E-state index in [9.17, 15) is 18.0 Å². The Hall–Kier alpha value is -1.95. The van der Waals surface area contributed by atoms with Crippen LogP contribution in [0.15, 0.2) is 41.3 Å². The topological polar surface area (TPSA) is 71.5 Å². The molecule has 1 aromatic rings. The molecule has 1 aliphatic rings. The van der Waals surface area contributed by atoms with Crippen molar-refractivity contribution < 1.29 is 18.0 Å². The monoisotopic (exact) mass is 251 g/mol. The van der Waals surface area contributed by atoms with E-state index in [1.165, 1.54) is 6.07 Å². The highest BCUT2D eigenvalue weighted by atomic mass is 32.2. The molecule has 17 heavy (non-hydrogen) atoms. The van der Waals surface area contributed by atoms with Gasteiger partial charge in [0.25, 0.3) is 21.8 Å². The standard InChI is InChI=1S/C11H9NO4S/c1-8-4-2-3-5-9(8)17(15,16)12-10(13)6-7-11(12)14/h2-7H,1H3. The lowest BCUT2D eigenvalue weighted by Crippen LogP contribution is -2.36. The number of aryl methyl sites for hydroxylation is 1. The molecule has 6 heteroatoms. The summed E-state index contributed by atoms with van der Waals surface area (Å²) in [6.07, 6.45) is 1.89. The van der Waals surface area contributed by atoms with Gasteiger partial charge in [0.05, 0.1) is 4.90 Å². The van der Waals surface area contributed by atoms with Gasteiger partial charge in [0, 0.05) is 12.2 Å². The molecule has 0 N–H and O–H groups in total. The van der Waals surface area contributed by atoms with Crippen LogP contribution in [0.5, 0.6) is 0 Å². The van der Waals surface area contributed by atoms with Crippen LogP contribution in [0.25, 0.3) is 0 Å². The highest BCUT2D eigenvalue weighted by Crippen LogP contribution is 2.22. The van der Waals surface area contributed by atoms with Gasteiger partial charge in [0.2, 0.25) is 0 Å². The summed E-state index contributed by atoms with van der Waals surface area (Å²) < 4.78 is 24.5. The minimum atomic E-state index is -4.10. The molecule has 1 aliphatic heterocycles. The van der Waals surface area contributed by atoms with Crippen LogP contribution < -0.4 is 0 Å². The maximum Gasteiger partial charge on any atom is 0.273 e. The van der Waals surface area contributed by atoms with Crippen LogP contribution in [0, 0.1) is 6.92 Å². The van der Waals surface area contributed by atoms with Gasteiger partial charge in [-0.3, -0.25) is 9.59 Å². The molecule has 2 amide bonds. The maximum absolute atomic E-state index is 12.1. The molecule has 0 saturated heterocycles. The fourth-order valence-corrected chi connectivity index (χ4v) is 3.09. The molecule has 0 spiro atoms. The van der Waals surface area contributed by atoms with E-state index in [2.05, 4.69) is 0 Å². The van der Waals surface area contributed by atoms with E-state index in [4.69, 9.17) is 0 Å². The Bertz CT molecular complexity index is 613. The van der Waals surface area contributed by atoms with Crippen molar-refractivity contribution in [2.45, 2.75) is 11.8 Å². The molecule has 2 rings (SSSR count). The summed E-state index contributed by atoms with van der Waals surface area (Å²) in [5, 5.41) is 0. The molecule has 88 valence electrons. The Kier molecular flexibility index (Phi) is 2.59. The molecule has 5 nitrogen and oxygen atoms in total. The van der Waals surface area contributed by atoms with Gasteiger partial charge in [-0.2, -0.15) is 4.31 Å². The summed E-state index contributed by atoms with van der Waals surface area (Å²) in [7, 11) is -4.10. The summed E-state index contributed by atoms with van der Waals surface area (Å²) >= 11 is 0. The number of sulfonamides is 1. The van der Waals surface area contributed by atoms with Gasteiger partial charge in [-0.1, -0.05) is 18.2 Å². The molecule has 0 saturated carbocycles. The number of imide groups is 1. The van der Waals surface area contributed by atoms with Crippen LogP contribution in [0.4, 0.5) is 0 Å². The minimum absolute atomic E-state index is 0.0367. The van der Waals surface area contributed by atoms with Gasteiger partial charge in [-0.15, -0.1) is 0 Å². The van der Waals surface area contributed by atoms with Crippen LogP contribution in [0.1, 0.15) is 5.56 Å². The molecule has 1 heterocycles. The van der Waals surface area contributed by atoms with Crippen LogP contribution in [0.3, 0.4) is 0 Å². The normalized spacial score (nSPS) is 15.7. The highest BCUT2D eigenvalue weighted by Gasteiger charge is 2.36. The number of benzene rings is 1. The van der Waals surface area contributed by atoms with Crippen LogP contribution in [-0.2, 0) is 19.6 Å². The Balaban J connectivity index is 2.56. The lowest BCUT2D eigenvalue weighted by Gasteiger charge is -2.15. The molecule has 0 bridgehead atoms. The minimum Gasteiger partial charge on any atom is -0.268 e.